The number of pyridine rings is 1. The van der Waals surface area contributed by atoms with Gasteiger partial charge in [-0.05, 0) is 67.9 Å². The van der Waals surface area contributed by atoms with Gasteiger partial charge in [0, 0.05) is 67.6 Å². The smallest absolute Gasteiger partial charge is 0.264 e. The average Bonchev–Trinajstić information content (AvgIpc) is 3.25. The van der Waals surface area contributed by atoms with Gasteiger partial charge in [0.2, 0.25) is 0 Å². The lowest BCUT2D eigenvalue weighted by Gasteiger charge is -2.23. The van der Waals surface area contributed by atoms with Gasteiger partial charge in [-0.3, -0.25) is 19.4 Å². The number of nitrogens with one attached hydrogen (secondary N) is 2. The molecule has 4 N–H and O–H groups in total. The highest BCUT2D eigenvalue weighted by molar-refractivity contribution is 7.93. The number of nitrogens with two attached hydrogens (primary N) is 1. The van der Waals surface area contributed by atoms with Crippen molar-refractivity contribution in [2.24, 2.45) is 5.73 Å². The molecule has 0 saturated carbocycles. The highest BCUT2D eigenvalue weighted by Gasteiger charge is 2.22. The average molecular weight is 587 g/mol. The van der Waals surface area contributed by atoms with E-state index in [0.717, 1.165) is 37.0 Å². The van der Waals surface area contributed by atoms with E-state index in [1.807, 2.05) is 24.1 Å². The molecule has 1 amide bonds. The fourth-order valence-corrected chi connectivity index (χ4v) is 6.51. The lowest BCUT2D eigenvalue weighted by atomic mass is 10.00. The second-order valence-corrected chi connectivity index (χ2v) is 12.4. The van der Waals surface area contributed by atoms with E-state index >= 15 is 0 Å². The molecule has 220 valence electrons. The third-order valence-electron chi connectivity index (χ3n) is 7.91. The first-order valence-electron chi connectivity index (χ1n) is 14.2. The van der Waals surface area contributed by atoms with Crippen LogP contribution in [0.15, 0.2) is 90.0 Å². The first-order valence-corrected chi connectivity index (χ1v) is 15.7. The summed E-state index contributed by atoms with van der Waals surface area (Å²) in [6.45, 7) is 5.88. The number of carbonyl (C=O) groups is 1. The molecule has 10 heteroatoms. The Bertz CT molecular complexity index is 1620. The summed E-state index contributed by atoms with van der Waals surface area (Å²) >= 11 is 0. The van der Waals surface area contributed by atoms with Gasteiger partial charge in [-0.15, -0.1) is 0 Å². The molecule has 2 heterocycles. The molecular formula is C32H38N6O3S. The van der Waals surface area contributed by atoms with E-state index < -0.39 is 10.0 Å². The van der Waals surface area contributed by atoms with E-state index in [2.05, 4.69) is 51.1 Å². The van der Waals surface area contributed by atoms with Crippen LogP contribution in [0.1, 0.15) is 40.9 Å². The maximum Gasteiger partial charge on any atom is 0.264 e. The zero-order valence-electron chi connectivity index (χ0n) is 24.0. The number of likely N-dealkylation sites (N-methyl/N-ethyl adjacent to an activating group) is 1. The molecule has 1 fully saturated rings. The molecular weight excluding hydrogens is 548 g/mol. The Labute approximate surface area is 247 Å². The Morgan fingerprint density at radius 2 is 1.69 bits per heavy atom. The zero-order chi connectivity index (χ0) is 29.7. The van der Waals surface area contributed by atoms with Crippen molar-refractivity contribution in [3.63, 3.8) is 0 Å². The molecule has 2 atom stereocenters. The van der Waals surface area contributed by atoms with Crippen molar-refractivity contribution in [2.75, 3.05) is 37.9 Å². The largest absolute Gasteiger partial charge is 0.337 e. The summed E-state index contributed by atoms with van der Waals surface area (Å²) in [5.74, 6) is -0.0542. The predicted octanol–water partition coefficient (Wildman–Crippen LogP) is 3.99. The summed E-state index contributed by atoms with van der Waals surface area (Å²) in [6, 6.07) is 23.9. The summed E-state index contributed by atoms with van der Waals surface area (Å²) in [5, 5.41) is 3.95. The summed E-state index contributed by atoms with van der Waals surface area (Å²) in [6.07, 6.45) is 2.45. The first kappa shape index (κ1) is 29.7. The maximum absolute atomic E-state index is 13.3. The lowest BCUT2D eigenvalue weighted by Crippen LogP contribution is -2.35. The van der Waals surface area contributed by atoms with Gasteiger partial charge in [0.05, 0.1) is 5.52 Å². The molecule has 0 bridgehead atoms. The third kappa shape index (κ3) is 6.79. The van der Waals surface area contributed by atoms with Gasteiger partial charge in [0.1, 0.15) is 4.90 Å². The molecule has 1 aromatic heterocycles. The number of anilines is 1. The number of aromatic nitrogens is 1. The van der Waals surface area contributed by atoms with Crippen LogP contribution in [-0.4, -0.2) is 68.4 Å². The SMILES string of the molecule is CNC(C)C(N)c1ccc(CN2CCCN(C(=O)c3ccc(NS(=O)(=O)c4cccc5cccnc45)cc3)CC2)cc1. The van der Waals surface area contributed by atoms with Crippen LogP contribution in [-0.2, 0) is 16.6 Å². The fraction of sp³-hybridized carbons (Fsp3) is 0.312. The summed E-state index contributed by atoms with van der Waals surface area (Å²) in [7, 11) is -1.95. The molecule has 0 spiro atoms. The number of para-hydroxylation sites is 1. The van der Waals surface area contributed by atoms with Crippen LogP contribution in [0.3, 0.4) is 0 Å². The van der Waals surface area contributed by atoms with Gasteiger partial charge in [-0.1, -0.05) is 42.5 Å². The van der Waals surface area contributed by atoms with Crippen molar-refractivity contribution in [1.82, 2.24) is 20.1 Å². The van der Waals surface area contributed by atoms with Gasteiger partial charge < -0.3 is 16.0 Å². The number of amides is 1. The molecule has 4 aromatic rings. The number of sulfonamides is 1. The van der Waals surface area contributed by atoms with Crippen LogP contribution >= 0.6 is 0 Å². The highest BCUT2D eigenvalue weighted by Crippen LogP contribution is 2.24. The molecule has 2 unspecified atom stereocenters. The van der Waals surface area contributed by atoms with E-state index in [-0.39, 0.29) is 22.9 Å². The van der Waals surface area contributed by atoms with Crippen molar-refractivity contribution < 1.29 is 13.2 Å². The van der Waals surface area contributed by atoms with Crippen molar-refractivity contribution in [3.8, 4) is 0 Å². The lowest BCUT2D eigenvalue weighted by molar-refractivity contribution is 0.0761. The van der Waals surface area contributed by atoms with Crippen LogP contribution in [0.5, 0.6) is 0 Å². The monoisotopic (exact) mass is 586 g/mol. The zero-order valence-corrected chi connectivity index (χ0v) is 24.8. The van der Waals surface area contributed by atoms with Gasteiger partial charge in [-0.25, -0.2) is 8.42 Å². The molecule has 0 radical (unpaired) electrons. The molecule has 0 aliphatic carbocycles. The third-order valence-corrected chi connectivity index (χ3v) is 9.32. The van der Waals surface area contributed by atoms with Crippen molar-refractivity contribution in [2.45, 2.75) is 36.9 Å². The summed E-state index contributed by atoms with van der Waals surface area (Å²) in [5.41, 5.74) is 9.99. The summed E-state index contributed by atoms with van der Waals surface area (Å²) < 4.78 is 28.9. The normalized spacial score (nSPS) is 16.1. The topological polar surface area (TPSA) is 121 Å². The quantitative estimate of drug-likeness (QED) is 0.271. The van der Waals surface area contributed by atoms with Gasteiger partial charge >= 0.3 is 0 Å². The second-order valence-electron chi connectivity index (χ2n) is 10.8. The molecule has 9 nitrogen and oxygen atoms in total. The Kier molecular flexibility index (Phi) is 9.18. The minimum absolute atomic E-state index is 0.0542. The van der Waals surface area contributed by atoms with Crippen LogP contribution in [0.2, 0.25) is 0 Å². The highest BCUT2D eigenvalue weighted by atomic mass is 32.2. The van der Waals surface area contributed by atoms with Crippen molar-refractivity contribution >= 4 is 32.5 Å². The number of carbonyl (C=O) groups excluding carboxylic acids is 1. The standard InChI is InChI=1S/C32H38N6O3S/c1-23(34-2)30(33)25-11-9-24(10-12-25)22-37-18-5-19-38(21-20-37)32(39)27-13-15-28(16-14-27)36-42(40,41)29-8-3-6-26-7-4-17-35-31(26)29/h3-4,6-17,23,30,34,36H,5,18-22,33H2,1-2H3. The maximum atomic E-state index is 13.3. The van der Waals surface area contributed by atoms with Crippen LogP contribution in [0.25, 0.3) is 10.9 Å². The van der Waals surface area contributed by atoms with Crippen LogP contribution in [0, 0.1) is 0 Å². The first-order chi connectivity index (χ1) is 20.2. The molecule has 1 aliphatic heterocycles. The number of benzene rings is 3. The molecule has 3 aromatic carbocycles. The van der Waals surface area contributed by atoms with Crippen LogP contribution < -0.4 is 15.8 Å². The van der Waals surface area contributed by atoms with E-state index in [0.29, 0.717) is 29.9 Å². The van der Waals surface area contributed by atoms with Crippen molar-refractivity contribution in [1.29, 1.82) is 0 Å². The fourth-order valence-electron chi connectivity index (χ4n) is 5.27. The molecule has 1 saturated heterocycles. The molecule has 42 heavy (non-hydrogen) atoms. The number of hydrogen-bond acceptors (Lipinski definition) is 7. The number of nitrogens with zero attached hydrogens (tertiary/aromatic N) is 3. The summed E-state index contributed by atoms with van der Waals surface area (Å²) in [4.78, 5) is 21.9. The van der Waals surface area contributed by atoms with Crippen LogP contribution in [0.4, 0.5) is 5.69 Å². The van der Waals surface area contributed by atoms with E-state index in [9.17, 15) is 13.2 Å². The molecule has 5 rings (SSSR count). The number of rotatable bonds is 9. The Hall–Kier alpha value is -3.83. The number of hydrogen-bond donors (Lipinski definition) is 3. The Balaban J connectivity index is 1.18. The van der Waals surface area contributed by atoms with Gasteiger partial charge in [0.15, 0.2) is 0 Å². The van der Waals surface area contributed by atoms with E-state index in [1.165, 1.54) is 11.6 Å². The van der Waals surface area contributed by atoms with Gasteiger partial charge in [0.25, 0.3) is 15.9 Å². The Morgan fingerprint density at radius 3 is 2.43 bits per heavy atom. The minimum atomic E-state index is -3.86. The second kappa shape index (κ2) is 13.0. The van der Waals surface area contributed by atoms with Crippen molar-refractivity contribution in [3.05, 3.63) is 102 Å². The van der Waals surface area contributed by atoms with Gasteiger partial charge in [-0.2, -0.15) is 0 Å². The predicted molar refractivity (Wildman–Crippen MR) is 167 cm³/mol. The van der Waals surface area contributed by atoms with E-state index in [1.54, 1.807) is 42.6 Å². The number of fused-ring (bicyclic) bond motifs is 1. The Morgan fingerprint density at radius 1 is 0.952 bits per heavy atom. The minimum Gasteiger partial charge on any atom is -0.337 e. The molecule has 1 aliphatic rings. The van der Waals surface area contributed by atoms with E-state index in [4.69, 9.17) is 5.73 Å².